The van der Waals surface area contributed by atoms with Crippen molar-refractivity contribution < 1.29 is 44.6 Å². The monoisotopic (exact) mass is 558 g/mol. The van der Waals surface area contributed by atoms with Gasteiger partial charge in [-0.3, -0.25) is 0 Å². The van der Waals surface area contributed by atoms with Crippen molar-refractivity contribution in [1.82, 2.24) is 0 Å². The van der Waals surface area contributed by atoms with Crippen LogP contribution in [0.25, 0.3) is 0 Å². The zero-order valence-corrected chi connectivity index (χ0v) is 16.7. The van der Waals surface area contributed by atoms with E-state index in [0.717, 1.165) is 0 Å². The fourth-order valence-corrected chi connectivity index (χ4v) is 9.31. The number of hydrogen-bond donors (Lipinski definition) is 0. The Balaban J connectivity index is 0. The predicted octanol–water partition coefficient (Wildman–Crippen LogP) is 4.90. The van der Waals surface area contributed by atoms with E-state index in [-0.39, 0.29) is 23.2 Å². The molecule has 0 aliphatic rings. The molecule has 0 amide bonds. The van der Waals surface area contributed by atoms with Crippen molar-refractivity contribution in [2.24, 2.45) is 0 Å². The van der Waals surface area contributed by atoms with Crippen molar-refractivity contribution in [1.29, 1.82) is 0 Å². The minimum Gasteiger partial charge on any atom is -0.830 e. The van der Waals surface area contributed by atoms with Gasteiger partial charge in [0, 0.05) is 0 Å². The maximum absolute atomic E-state index is 11.3. The summed E-state index contributed by atoms with van der Waals surface area (Å²) in [7, 11) is 0. The summed E-state index contributed by atoms with van der Waals surface area (Å²) in [6, 6.07) is 0. The van der Waals surface area contributed by atoms with Gasteiger partial charge in [0.25, 0.3) is 0 Å². The van der Waals surface area contributed by atoms with Gasteiger partial charge in [0.05, 0.1) is 0 Å². The molecule has 0 bridgehead atoms. The molecule has 140 valence electrons. The molecule has 0 rings (SSSR count). The second-order valence-electron chi connectivity index (χ2n) is 6.63. The summed E-state index contributed by atoms with van der Waals surface area (Å²) < 4.78 is 103. The standard InChI is InChI=1S/C4F9O.2C4H9.Bi/c5-2(6,7)1(14,3(8,9)10)4(11,12)13;2*1-4(2)3;/h;2*1-3H3;/q-1;;;+1. The summed E-state index contributed by atoms with van der Waals surface area (Å²) in [6.45, 7) is 14.2. The van der Waals surface area contributed by atoms with Crippen molar-refractivity contribution in [2.75, 3.05) is 0 Å². The van der Waals surface area contributed by atoms with Gasteiger partial charge in [0.1, 0.15) is 0 Å². The fourth-order valence-electron chi connectivity index (χ4n) is 1.49. The first-order valence-corrected chi connectivity index (χ1v) is 9.58. The molecule has 0 N–H and O–H groups in total. The summed E-state index contributed by atoms with van der Waals surface area (Å²) in [5, 5.41) is 9.79. The molecule has 0 saturated carbocycles. The van der Waals surface area contributed by atoms with E-state index >= 15 is 0 Å². The van der Waals surface area contributed by atoms with Gasteiger partial charge in [-0.2, -0.15) is 39.5 Å². The molecule has 2 radical (unpaired) electrons. The molecular formula is C12H18BiF9O. The smallest absolute Gasteiger partial charge is 0.397 e. The largest absolute Gasteiger partial charge is 0.830 e. The van der Waals surface area contributed by atoms with E-state index in [1.807, 2.05) is 0 Å². The Kier molecular flexibility index (Phi) is 7.99. The molecule has 0 aromatic carbocycles. The summed E-state index contributed by atoms with van der Waals surface area (Å²) in [5.41, 5.74) is -6.94. The third-order valence-corrected chi connectivity index (χ3v) is 7.08. The normalized spacial score (nSPS) is 15.1. The maximum atomic E-state index is 11.3. The van der Waals surface area contributed by atoms with E-state index in [4.69, 9.17) is 0 Å². The van der Waals surface area contributed by atoms with Crippen LogP contribution in [0.3, 0.4) is 0 Å². The second kappa shape index (κ2) is 7.22. The second-order valence-corrected chi connectivity index (χ2v) is 17.9. The van der Waals surface area contributed by atoms with Crippen molar-refractivity contribution in [3.63, 3.8) is 0 Å². The number of alkyl halides is 9. The molecule has 0 aliphatic carbocycles. The molecule has 23 heavy (non-hydrogen) atoms. The molecule has 0 spiro atoms. The molecule has 0 fully saturated rings. The molecule has 1 nitrogen and oxygen atoms in total. The van der Waals surface area contributed by atoms with E-state index in [1.165, 1.54) is 0 Å². The quantitative estimate of drug-likeness (QED) is 0.307. The van der Waals surface area contributed by atoms with Crippen molar-refractivity contribution in [3.8, 4) is 0 Å². The topological polar surface area (TPSA) is 23.1 Å². The first-order valence-electron chi connectivity index (χ1n) is 6.10. The van der Waals surface area contributed by atoms with E-state index in [2.05, 4.69) is 41.5 Å². The van der Waals surface area contributed by atoms with E-state index in [9.17, 15) is 44.6 Å². The van der Waals surface area contributed by atoms with Gasteiger partial charge in [-0.25, -0.2) is 0 Å². The van der Waals surface area contributed by atoms with Crippen LogP contribution in [-0.4, -0.2) is 47.4 Å². The Hall–Kier alpha value is 0.213. The van der Waals surface area contributed by atoms with Crippen LogP contribution in [-0.2, 0) is 0 Å². The van der Waals surface area contributed by atoms with Gasteiger partial charge in [-0.15, -0.1) is 0 Å². The average molecular weight is 558 g/mol. The van der Waals surface area contributed by atoms with Crippen LogP contribution < -0.4 is 5.11 Å². The Labute approximate surface area is 140 Å². The molecule has 0 atom stereocenters. The molecule has 0 unspecified atom stereocenters. The van der Waals surface area contributed by atoms with Crippen LogP contribution >= 0.6 is 0 Å². The van der Waals surface area contributed by atoms with Crippen LogP contribution in [0, 0.1) is 0 Å². The molecular weight excluding hydrogens is 540 g/mol. The van der Waals surface area contributed by atoms with Gasteiger partial charge >= 0.3 is 89.6 Å². The Bertz CT molecular complexity index is 320. The maximum Gasteiger partial charge on any atom is 0.397 e. The first kappa shape index (κ1) is 25.5. The summed E-state index contributed by atoms with van der Waals surface area (Å²) in [5.74, 6) is 0. The molecule has 0 aromatic rings. The van der Waals surface area contributed by atoms with Crippen molar-refractivity contribution in [3.05, 3.63) is 0 Å². The zero-order chi connectivity index (χ0) is 19.7. The van der Waals surface area contributed by atoms with Crippen molar-refractivity contribution >= 4 is 23.2 Å². The van der Waals surface area contributed by atoms with Gasteiger partial charge in [-0.05, 0) is 0 Å². The zero-order valence-electron chi connectivity index (χ0n) is 13.3. The van der Waals surface area contributed by atoms with E-state index in [1.54, 1.807) is 0 Å². The molecule has 0 heterocycles. The molecule has 0 saturated heterocycles. The van der Waals surface area contributed by atoms with Crippen molar-refractivity contribution in [2.45, 2.75) is 71.9 Å². The van der Waals surface area contributed by atoms with Crippen LogP contribution in [0.1, 0.15) is 41.5 Å². The van der Waals surface area contributed by atoms with E-state index < -0.39 is 24.1 Å². The molecule has 11 heteroatoms. The van der Waals surface area contributed by atoms with Gasteiger partial charge < -0.3 is 5.11 Å². The fraction of sp³-hybridized carbons (Fsp3) is 1.00. The van der Waals surface area contributed by atoms with Crippen LogP contribution in [0.2, 0.25) is 6.25 Å². The molecule has 0 aromatic heterocycles. The SMILES string of the molecule is C[C](C)(C)[Bi+][C](C)(C)C.[O-]C(C(F)(F)F)(C(F)(F)F)C(F)(F)F. The predicted molar refractivity (Wildman–Crippen MR) is 66.1 cm³/mol. The Morgan fingerprint density at radius 1 is 0.522 bits per heavy atom. The first-order chi connectivity index (χ1) is 9.46. The average Bonchev–Trinajstić information content (AvgIpc) is 2.05. The van der Waals surface area contributed by atoms with Gasteiger partial charge in [0.15, 0.2) is 5.60 Å². The van der Waals surface area contributed by atoms with Crippen LogP contribution in [0.4, 0.5) is 39.5 Å². The number of halogens is 9. The third-order valence-electron chi connectivity index (χ3n) is 1.87. The summed E-state index contributed by atoms with van der Waals surface area (Å²) >= 11 is -0.273. The Morgan fingerprint density at radius 3 is 0.696 bits per heavy atom. The van der Waals surface area contributed by atoms with Gasteiger partial charge in [0.2, 0.25) is 0 Å². The summed E-state index contributed by atoms with van der Waals surface area (Å²) in [4.78, 5) is 0. The minimum absolute atomic E-state index is 0.273. The Morgan fingerprint density at radius 2 is 0.696 bits per heavy atom. The number of hydrogen-bond acceptors (Lipinski definition) is 1. The van der Waals surface area contributed by atoms with E-state index in [0.29, 0.717) is 6.25 Å². The number of rotatable bonds is 0. The molecule has 0 aliphatic heterocycles. The summed E-state index contributed by atoms with van der Waals surface area (Å²) in [6.07, 6.45) is -20.9. The van der Waals surface area contributed by atoms with Crippen LogP contribution in [0.5, 0.6) is 0 Å². The van der Waals surface area contributed by atoms with Crippen LogP contribution in [0.15, 0.2) is 0 Å². The van der Waals surface area contributed by atoms with Gasteiger partial charge in [-0.1, -0.05) is 0 Å². The third kappa shape index (κ3) is 8.23. The minimum atomic E-state index is -6.98.